The molecular formula is C20H23NO6. The average Bonchev–Trinajstić information content (AvgIpc) is 3.33. The lowest BCUT2D eigenvalue weighted by Gasteiger charge is -2.59. The van der Waals surface area contributed by atoms with E-state index >= 15 is 0 Å². The van der Waals surface area contributed by atoms with Crippen LogP contribution in [0.5, 0.6) is 11.5 Å². The number of ether oxygens (including phenoxy) is 5. The Hall–Kier alpha value is -1.67. The van der Waals surface area contributed by atoms with E-state index in [0.29, 0.717) is 6.42 Å². The molecule has 27 heavy (non-hydrogen) atoms. The molecule has 1 saturated carbocycles. The maximum absolute atomic E-state index is 13.2. The van der Waals surface area contributed by atoms with Crippen molar-refractivity contribution >= 4 is 5.78 Å². The highest BCUT2D eigenvalue weighted by atomic mass is 16.7. The Labute approximate surface area is 157 Å². The van der Waals surface area contributed by atoms with Crippen LogP contribution in [-0.4, -0.2) is 62.7 Å². The third-order valence-electron chi connectivity index (χ3n) is 7.75. The molecule has 2 aliphatic carbocycles. The molecule has 2 bridgehead atoms. The van der Waals surface area contributed by atoms with Gasteiger partial charge >= 0.3 is 0 Å². The van der Waals surface area contributed by atoms with Crippen LogP contribution in [-0.2, 0) is 24.4 Å². The molecule has 3 aliphatic heterocycles. The molecule has 1 aromatic carbocycles. The first kappa shape index (κ1) is 16.3. The van der Waals surface area contributed by atoms with Gasteiger partial charge in [0, 0.05) is 32.5 Å². The standard InChI is InChI=1S/C20H23NO6/c1-21-5-4-18-8-13(22)17(23-2)20(24-3)19(18,21)9-16(27-20)11-6-14-15(7-12(11)18)26-10-25-14/h6-7,16-17H,4-5,8-10H2,1-3H3/t16?,17-,18+,19+,20+/m1/s1. The second-order valence-electron chi connectivity index (χ2n) is 8.35. The van der Waals surface area contributed by atoms with Gasteiger partial charge in [-0.3, -0.25) is 9.69 Å². The van der Waals surface area contributed by atoms with Crippen LogP contribution in [0, 0.1) is 0 Å². The normalized spacial score (nSPS) is 43.7. The fourth-order valence-corrected chi connectivity index (χ4v) is 6.82. The largest absolute Gasteiger partial charge is 0.454 e. The number of benzene rings is 1. The fraction of sp³-hybridized carbons (Fsp3) is 0.650. The van der Waals surface area contributed by atoms with Crippen LogP contribution in [0.3, 0.4) is 0 Å². The molecule has 5 atom stereocenters. The van der Waals surface area contributed by atoms with Crippen molar-refractivity contribution in [3.63, 3.8) is 0 Å². The first-order chi connectivity index (χ1) is 13.0. The first-order valence-electron chi connectivity index (χ1n) is 9.47. The van der Waals surface area contributed by atoms with E-state index in [0.717, 1.165) is 42.0 Å². The van der Waals surface area contributed by atoms with E-state index in [4.69, 9.17) is 23.7 Å². The summed E-state index contributed by atoms with van der Waals surface area (Å²) < 4.78 is 29.7. The number of carbonyl (C=O) groups is 1. The van der Waals surface area contributed by atoms with Gasteiger partial charge in [0.15, 0.2) is 23.4 Å². The van der Waals surface area contributed by atoms with Crippen LogP contribution in [0.25, 0.3) is 0 Å². The SMILES string of the molecule is CO[C@@H]1C(=O)C[C@]23CCN(C)[C@@]24CC(O[C@@]14OC)c1cc2c(cc13)OCO2. The maximum atomic E-state index is 13.2. The Morgan fingerprint density at radius 2 is 2.00 bits per heavy atom. The van der Waals surface area contributed by atoms with Gasteiger partial charge in [0.25, 0.3) is 0 Å². The Morgan fingerprint density at radius 1 is 1.22 bits per heavy atom. The van der Waals surface area contributed by atoms with Gasteiger partial charge in [-0.15, -0.1) is 0 Å². The number of likely N-dealkylation sites (N-methyl/N-ethyl adjacent to an activating group) is 1. The third kappa shape index (κ3) is 1.49. The quantitative estimate of drug-likeness (QED) is 0.779. The van der Waals surface area contributed by atoms with E-state index in [9.17, 15) is 4.79 Å². The highest BCUT2D eigenvalue weighted by Crippen LogP contribution is 2.71. The third-order valence-corrected chi connectivity index (χ3v) is 7.75. The zero-order chi connectivity index (χ0) is 18.6. The number of Topliss-reactive ketones (excluding diaryl/α,β-unsaturated/α-hetero) is 1. The number of ketones is 1. The molecule has 3 fully saturated rings. The maximum Gasteiger partial charge on any atom is 0.231 e. The van der Waals surface area contributed by atoms with Crippen molar-refractivity contribution in [2.75, 3.05) is 34.6 Å². The van der Waals surface area contributed by atoms with Gasteiger partial charge in [-0.1, -0.05) is 0 Å². The molecule has 6 rings (SSSR count). The second-order valence-corrected chi connectivity index (χ2v) is 8.35. The average molecular weight is 373 g/mol. The molecule has 1 unspecified atom stereocenters. The van der Waals surface area contributed by atoms with E-state index in [1.807, 2.05) is 6.07 Å². The van der Waals surface area contributed by atoms with Crippen LogP contribution in [0.1, 0.15) is 36.5 Å². The zero-order valence-electron chi connectivity index (χ0n) is 15.7. The Kier molecular flexibility index (Phi) is 2.92. The lowest BCUT2D eigenvalue weighted by molar-refractivity contribution is -0.309. The topological polar surface area (TPSA) is 66.5 Å². The minimum absolute atomic E-state index is 0.0384. The van der Waals surface area contributed by atoms with Gasteiger partial charge in [0.1, 0.15) is 0 Å². The van der Waals surface area contributed by atoms with Gasteiger partial charge in [-0.05, 0) is 43.3 Å². The Bertz CT molecular complexity index is 872. The summed E-state index contributed by atoms with van der Waals surface area (Å²) in [5, 5.41) is 0. The van der Waals surface area contributed by atoms with Crippen LogP contribution < -0.4 is 9.47 Å². The molecule has 3 heterocycles. The number of rotatable bonds is 2. The Morgan fingerprint density at radius 3 is 2.74 bits per heavy atom. The predicted molar refractivity (Wildman–Crippen MR) is 92.8 cm³/mol. The molecule has 2 saturated heterocycles. The van der Waals surface area contributed by atoms with Crippen molar-refractivity contribution in [1.29, 1.82) is 0 Å². The summed E-state index contributed by atoms with van der Waals surface area (Å²) in [6.07, 6.45) is 1.15. The van der Waals surface area contributed by atoms with Crippen LogP contribution in [0.4, 0.5) is 0 Å². The molecule has 7 nitrogen and oxygen atoms in total. The smallest absolute Gasteiger partial charge is 0.231 e. The zero-order valence-corrected chi connectivity index (χ0v) is 15.7. The summed E-state index contributed by atoms with van der Waals surface area (Å²) in [6.45, 7) is 1.10. The van der Waals surface area contributed by atoms with Crippen molar-refractivity contribution in [1.82, 2.24) is 4.90 Å². The molecule has 0 N–H and O–H groups in total. The van der Waals surface area contributed by atoms with E-state index < -0.39 is 17.4 Å². The number of fused-ring (bicyclic) bond motifs is 4. The Balaban J connectivity index is 1.69. The molecule has 144 valence electrons. The lowest BCUT2D eigenvalue weighted by atomic mass is 9.51. The number of nitrogens with zero attached hydrogens (tertiary/aromatic N) is 1. The van der Waals surface area contributed by atoms with E-state index in [2.05, 4.69) is 18.0 Å². The second kappa shape index (κ2) is 4.84. The number of carbonyl (C=O) groups excluding carboxylic acids is 1. The molecule has 7 heteroatoms. The van der Waals surface area contributed by atoms with Crippen molar-refractivity contribution in [2.24, 2.45) is 0 Å². The molecule has 0 amide bonds. The van der Waals surface area contributed by atoms with Crippen molar-refractivity contribution in [2.45, 2.75) is 48.2 Å². The van der Waals surface area contributed by atoms with Crippen LogP contribution in [0.2, 0.25) is 0 Å². The monoisotopic (exact) mass is 373 g/mol. The molecular weight excluding hydrogens is 350 g/mol. The van der Waals surface area contributed by atoms with Crippen molar-refractivity contribution in [3.05, 3.63) is 23.3 Å². The van der Waals surface area contributed by atoms with Crippen molar-refractivity contribution in [3.8, 4) is 11.5 Å². The number of hydrogen-bond donors (Lipinski definition) is 0. The van der Waals surface area contributed by atoms with E-state index in [1.165, 1.54) is 0 Å². The number of likely N-dealkylation sites (tertiary alicyclic amines) is 1. The van der Waals surface area contributed by atoms with Gasteiger partial charge < -0.3 is 23.7 Å². The summed E-state index contributed by atoms with van der Waals surface area (Å²) >= 11 is 0. The molecule has 0 aromatic heterocycles. The van der Waals surface area contributed by atoms with Crippen LogP contribution >= 0.6 is 0 Å². The number of methoxy groups -OCH3 is 2. The summed E-state index contributed by atoms with van der Waals surface area (Å²) in [5.41, 5.74) is 1.41. The summed E-state index contributed by atoms with van der Waals surface area (Å²) in [6, 6.07) is 4.11. The summed E-state index contributed by atoms with van der Waals surface area (Å²) in [5.74, 6) is 0.406. The van der Waals surface area contributed by atoms with Gasteiger partial charge in [0.05, 0.1) is 11.6 Å². The number of hydrogen-bond acceptors (Lipinski definition) is 7. The van der Waals surface area contributed by atoms with Crippen molar-refractivity contribution < 1.29 is 28.5 Å². The molecule has 1 aromatic rings. The molecule has 5 aliphatic rings. The molecule has 1 spiro atoms. The van der Waals surface area contributed by atoms with E-state index in [1.54, 1.807) is 14.2 Å². The summed E-state index contributed by atoms with van der Waals surface area (Å²) in [4.78, 5) is 15.6. The fourth-order valence-electron chi connectivity index (χ4n) is 6.82. The van der Waals surface area contributed by atoms with Crippen LogP contribution in [0.15, 0.2) is 12.1 Å². The predicted octanol–water partition coefficient (Wildman–Crippen LogP) is 1.53. The van der Waals surface area contributed by atoms with Gasteiger partial charge in [-0.2, -0.15) is 0 Å². The highest BCUT2D eigenvalue weighted by Gasteiger charge is 2.82. The van der Waals surface area contributed by atoms with Gasteiger partial charge in [-0.25, -0.2) is 0 Å². The lowest BCUT2D eigenvalue weighted by Crippen LogP contribution is -2.76. The minimum Gasteiger partial charge on any atom is -0.454 e. The van der Waals surface area contributed by atoms with E-state index in [-0.39, 0.29) is 24.1 Å². The minimum atomic E-state index is -1.13. The van der Waals surface area contributed by atoms with Gasteiger partial charge in [0.2, 0.25) is 12.6 Å². The molecule has 0 radical (unpaired) electrons. The summed E-state index contributed by atoms with van der Waals surface area (Å²) in [7, 11) is 5.31. The first-order valence-corrected chi connectivity index (χ1v) is 9.47. The highest BCUT2D eigenvalue weighted by molar-refractivity contribution is 5.89.